The van der Waals surface area contributed by atoms with Crippen LogP contribution in [0.3, 0.4) is 0 Å². The monoisotopic (exact) mass is 162 g/mol. The van der Waals surface area contributed by atoms with E-state index in [2.05, 4.69) is 10.2 Å². The van der Waals surface area contributed by atoms with Crippen LogP contribution in [0.1, 0.15) is 11.6 Å². The van der Waals surface area contributed by atoms with Crippen molar-refractivity contribution < 1.29 is 13.2 Å². The predicted octanol–water partition coefficient (Wildman–Crippen LogP) is 0.695. The van der Waals surface area contributed by atoms with Gasteiger partial charge in [-0.3, -0.25) is 0 Å². The molecule has 11 heavy (non-hydrogen) atoms. The van der Waals surface area contributed by atoms with Gasteiger partial charge in [0.1, 0.15) is 6.07 Å². The number of aromatic amines is 1. The molecule has 0 aromatic carbocycles. The first-order valence-electron chi connectivity index (χ1n) is 2.44. The highest BCUT2D eigenvalue weighted by molar-refractivity contribution is 5.09. The molecule has 1 N–H and O–H groups in total. The van der Waals surface area contributed by atoms with Crippen LogP contribution in [-0.2, 0) is 6.18 Å². The Hall–Kier alpha value is -1.58. The molecule has 0 atom stereocenters. The summed E-state index contributed by atoms with van der Waals surface area (Å²) in [5.41, 5.74) is 0. The van der Waals surface area contributed by atoms with Gasteiger partial charge in [-0.05, 0) is 0 Å². The molecule has 0 saturated heterocycles. The number of nitrogens with zero attached hydrogens (tertiary/aromatic N) is 3. The lowest BCUT2D eigenvalue weighted by molar-refractivity contribution is -0.144. The fourth-order valence-corrected chi connectivity index (χ4v) is 0.440. The SMILES string of the molecule is N#Cc1nnc(C(F)(F)F)[nH]1. The largest absolute Gasteiger partial charge is 0.451 e. The second-order valence-electron chi connectivity index (χ2n) is 1.63. The summed E-state index contributed by atoms with van der Waals surface area (Å²) in [7, 11) is 0. The fourth-order valence-electron chi connectivity index (χ4n) is 0.440. The number of rotatable bonds is 0. The number of nitrogens with one attached hydrogen (secondary N) is 1. The molecule has 0 unspecified atom stereocenters. The van der Waals surface area contributed by atoms with Crippen LogP contribution in [0.5, 0.6) is 0 Å². The Balaban J connectivity index is 3.01. The van der Waals surface area contributed by atoms with E-state index in [1.807, 2.05) is 0 Å². The molecule has 0 spiro atoms. The van der Waals surface area contributed by atoms with E-state index in [9.17, 15) is 13.2 Å². The number of hydrogen-bond acceptors (Lipinski definition) is 3. The first-order chi connectivity index (χ1) is 5.04. The van der Waals surface area contributed by atoms with Crippen molar-refractivity contribution in [3.63, 3.8) is 0 Å². The molecule has 58 valence electrons. The average molecular weight is 162 g/mol. The third-order valence-electron chi connectivity index (χ3n) is 0.861. The first-order valence-corrected chi connectivity index (χ1v) is 2.44. The molecule has 0 bridgehead atoms. The van der Waals surface area contributed by atoms with Crippen molar-refractivity contribution in [1.29, 1.82) is 5.26 Å². The molecule has 0 fully saturated rings. The molecule has 1 aromatic heterocycles. The smallest absolute Gasteiger partial charge is 0.309 e. The zero-order chi connectivity index (χ0) is 8.48. The highest BCUT2D eigenvalue weighted by atomic mass is 19.4. The predicted molar refractivity (Wildman–Crippen MR) is 26.1 cm³/mol. The summed E-state index contributed by atoms with van der Waals surface area (Å²) >= 11 is 0. The Labute approximate surface area is 58.7 Å². The summed E-state index contributed by atoms with van der Waals surface area (Å²) in [6.07, 6.45) is -4.57. The molecule has 1 rings (SSSR count). The normalized spacial score (nSPS) is 11.1. The summed E-state index contributed by atoms with van der Waals surface area (Å²) in [5.74, 6) is -1.70. The molecule has 0 aliphatic heterocycles. The molecule has 0 amide bonds. The van der Waals surface area contributed by atoms with E-state index in [1.54, 1.807) is 4.98 Å². The Morgan fingerprint density at radius 3 is 2.27 bits per heavy atom. The van der Waals surface area contributed by atoms with Gasteiger partial charge in [-0.2, -0.15) is 18.4 Å². The number of alkyl halides is 3. The zero-order valence-corrected chi connectivity index (χ0v) is 4.98. The van der Waals surface area contributed by atoms with Crippen LogP contribution in [-0.4, -0.2) is 15.2 Å². The zero-order valence-electron chi connectivity index (χ0n) is 4.98. The molecule has 0 radical (unpaired) electrons. The molecular weight excluding hydrogens is 161 g/mol. The van der Waals surface area contributed by atoms with Gasteiger partial charge in [-0.1, -0.05) is 0 Å². The van der Waals surface area contributed by atoms with Crippen molar-refractivity contribution in [2.75, 3.05) is 0 Å². The molecular formula is C4HF3N4. The molecule has 0 aliphatic carbocycles. The van der Waals surface area contributed by atoms with Crippen LogP contribution in [0.25, 0.3) is 0 Å². The van der Waals surface area contributed by atoms with Gasteiger partial charge in [-0.25, -0.2) is 0 Å². The van der Waals surface area contributed by atoms with Crippen LogP contribution in [0.4, 0.5) is 13.2 Å². The first kappa shape index (κ1) is 7.53. The van der Waals surface area contributed by atoms with Crippen molar-refractivity contribution in [2.24, 2.45) is 0 Å². The van der Waals surface area contributed by atoms with Gasteiger partial charge < -0.3 is 4.98 Å². The lowest BCUT2D eigenvalue weighted by Gasteiger charge is -1.97. The van der Waals surface area contributed by atoms with Gasteiger partial charge in [0.25, 0.3) is 0 Å². The van der Waals surface area contributed by atoms with Crippen molar-refractivity contribution in [3.05, 3.63) is 11.6 Å². The minimum absolute atomic E-state index is 0.447. The highest BCUT2D eigenvalue weighted by Gasteiger charge is 2.35. The van der Waals surface area contributed by atoms with E-state index >= 15 is 0 Å². The van der Waals surface area contributed by atoms with E-state index in [4.69, 9.17) is 5.26 Å². The minimum atomic E-state index is -4.57. The van der Waals surface area contributed by atoms with Crippen molar-refractivity contribution in [2.45, 2.75) is 6.18 Å². The summed E-state index contributed by atoms with van der Waals surface area (Å²) in [6.45, 7) is 0. The number of aromatic nitrogens is 3. The lowest BCUT2D eigenvalue weighted by atomic mass is 10.6. The molecule has 4 nitrogen and oxygen atoms in total. The second-order valence-corrected chi connectivity index (χ2v) is 1.63. The van der Waals surface area contributed by atoms with Crippen LogP contribution >= 0.6 is 0 Å². The summed E-state index contributed by atoms with van der Waals surface area (Å²) < 4.78 is 35.1. The van der Waals surface area contributed by atoms with Crippen molar-refractivity contribution >= 4 is 0 Å². The molecule has 7 heteroatoms. The van der Waals surface area contributed by atoms with Crippen molar-refractivity contribution in [3.8, 4) is 6.07 Å². The van der Waals surface area contributed by atoms with E-state index in [-0.39, 0.29) is 0 Å². The summed E-state index contributed by atoms with van der Waals surface area (Å²) in [6, 6.07) is 1.39. The van der Waals surface area contributed by atoms with Crippen LogP contribution < -0.4 is 0 Å². The van der Waals surface area contributed by atoms with Crippen molar-refractivity contribution in [1.82, 2.24) is 15.2 Å². The third kappa shape index (κ3) is 1.46. The Bertz CT molecular complexity index is 293. The van der Waals surface area contributed by atoms with Gasteiger partial charge in [0.05, 0.1) is 0 Å². The summed E-state index contributed by atoms with van der Waals surface area (Å²) in [4.78, 5) is 1.69. The minimum Gasteiger partial charge on any atom is -0.309 e. The Kier molecular flexibility index (Phi) is 1.53. The number of H-pyrrole nitrogens is 1. The Morgan fingerprint density at radius 1 is 1.36 bits per heavy atom. The maximum Gasteiger partial charge on any atom is 0.451 e. The molecule has 1 aromatic rings. The number of halogens is 3. The van der Waals surface area contributed by atoms with E-state index in [0.29, 0.717) is 0 Å². The maximum atomic E-state index is 11.7. The highest BCUT2D eigenvalue weighted by Crippen LogP contribution is 2.25. The quantitative estimate of drug-likeness (QED) is 0.610. The molecule has 1 heterocycles. The molecule has 0 aliphatic rings. The maximum absolute atomic E-state index is 11.7. The van der Waals surface area contributed by atoms with E-state index < -0.39 is 17.8 Å². The second kappa shape index (κ2) is 2.23. The van der Waals surface area contributed by atoms with E-state index in [0.717, 1.165) is 0 Å². The number of hydrogen-bond donors (Lipinski definition) is 1. The number of nitriles is 1. The topological polar surface area (TPSA) is 65.4 Å². The van der Waals surface area contributed by atoms with Gasteiger partial charge >= 0.3 is 6.18 Å². The standard InChI is InChI=1S/C4HF3N4/c5-4(6,7)3-9-2(1-8)10-11-3/h(H,9,10,11). The van der Waals surface area contributed by atoms with Crippen LogP contribution in [0.2, 0.25) is 0 Å². The average Bonchev–Trinajstić information content (AvgIpc) is 2.32. The van der Waals surface area contributed by atoms with Gasteiger partial charge in [0.15, 0.2) is 0 Å². The fraction of sp³-hybridized carbons (Fsp3) is 0.250. The van der Waals surface area contributed by atoms with E-state index in [1.165, 1.54) is 6.07 Å². The van der Waals surface area contributed by atoms with Gasteiger partial charge in [0, 0.05) is 0 Å². The summed E-state index contributed by atoms with van der Waals surface area (Å²) in [5, 5.41) is 13.7. The third-order valence-corrected chi connectivity index (χ3v) is 0.861. The van der Waals surface area contributed by atoms with Crippen LogP contribution in [0, 0.1) is 11.3 Å². The van der Waals surface area contributed by atoms with Gasteiger partial charge in [0.2, 0.25) is 11.6 Å². The lowest BCUT2D eigenvalue weighted by Crippen LogP contribution is -2.07. The van der Waals surface area contributed by atoms with Crippen LogP contribution in [0.15, 0.2) is 0 Å². The Morgan fingerprint density at radius 2 is 2.00 bits per heavy atom. The molecule has 0 saturated carbocycles. The van der Waals surface area contributed by atoms with Gasteiger partial charge in [-0.15, -0.1) is 10.2 Å².